The third kappa shape index (κ3) is 9.25. The van der Waals surface area contributed by atoms with Crippen LogP contribution < -0.4 is 15.2 Å². The first-order chi connectivity index (χ1) is 11.9. The van der Waals surface area contributed by atoms with Crippen LogP contribution in [-0.2, 0) is 29.4 Å². The molecular formula is C11H17NO12P2. The van der Waals surface area contributed by atoms with Crippen molar-refractivity contribution in [3.8, 4) is 11.5 Å². The number of phosphoric acid groups is 2. The fourth-order valence-corrected chi connectivity index (χ4v) is 1.95. The molecule has 0 radical (unpaired) electrons. The van der Waals surface area contributed by atoms with Crippen molar-refractivity contribution in [2.24, 2.45) is 5.73 Å². The van der Waals surface area contributed by atoms with Gasteiger partial charge in [-0.3, -0.25) is 4.79 Å². The Hall–Kier alpha value is -1.53. The van der Waals surface area contributed by atoms with Crippen molar-refractivity contribution in [3.63, 3.8) is 0 Å². The summed E-state index contributed by atoms with van der Waals surface area (Å²) in [5, 5.41) is 8.81. The first kappa shape index (κ1) is 22.5. The number of carboxylic acid groups (broad SMARTS) is 1. The number of rotatable bonds is 11. The zero-order chi connectivity index (χ0) is 20.0. The van der Waals surface area contributed by atoms with Crippen LogP contribution in [0, 0.1) is 0 Å². The molecule has 0 aliphatic rings. The SMILES string of the molecule is N[C@@H](Cc1ccc(OCOP(=O)(O)O)c(OCOP(=O)(O)O)c1)C(=O)O. The molecule has 0 aromatic heterocycles. The minimum absolute atomic E-state index is 0.0930. The lowest BCUT2D eigenvalue weighted by Gasteiger charge is -2.15. The van der Waals surface area contributed by atoms with E-state index in [4.69, 9.17) is 39.9 Å². The minimum atomic E-state index is -4.80. The number of hydrogen-bond acceptors (Lipinski definition) is 8. The van der Waals surface area contributed by atoms with E-state index in [1.165, 1.54) is 18.2 Å². The summed E-state index contributed by atoms with van der Waals surface area (Å²) in [4.78, 5) is 45.2. The zero-order valence-electron chi connectivity index (χ0n) is 13.0. The van der Waals surface area contributed by atoms with Crippen molar-refractivity contribution >= 4 is 21.6 Å². The molecule has 1 atom stereocenters. The van der Waals surface area contributed by atoms with Crippen LogP contribution in [0.3, 0.4) is 0 Å². The van der Waals surface area contributed by atoms with Crippen LogP contribution >= 0.6 is 15.6 Å². The van der Waals surface area contributed by atoms with E-state index in [9.17, 15) is 13.9 Å². The largest absolute Gasteiger partial charge is 0.480 e. The van der Waals surface area contributed by atoms with Gasteiger partial charge in [-0.15, -0.1) is 0 Å². The van der Waals surface area contributed by atoms with Crippen LogP contribution in [0.5, 0.6) is 11.5 Å². The molecule has 0 aliphatic heterocycles. The van der Waals surface area contributed by atoms with Crippen molar-refractivity contribution in [1.82, 2.24) is 0 Å². The van der Waals surface area contributed by atoms with Crippen LogP contribution in [0.25, 0.3) is 0 Å². The summed E-state index contributed by atoms with van der Waals surface area (Å²) < 4.78 is 39.5. The molecule has 148 valence electrons. The molecule has 0 spiro atoms. The Bertz CT molecular complexity index is 713. The lowest BCUT2D eigenvalue weighted by Crippen LogP contribution is -2.32. The number of nitrogens with two attached hydrogens (primary N) is 1. The monoisotopic (exact) mass is 417 g/mol. The van der Waals surface area contributed by atoms with Gasteiger partial charge in [0.05, 0.1) is 0 Å². The highest BCUT2D eigenvalue weighted by atomic mass is 31.2. The fourth-order valence-electron chi connectivity index (χ4n) is 1.57. The molecule has 7 N–H and O–H groups in total. The topological polar surface area (TPSA) is 215 Å². The average Bonchev–Trinajstić information content (AvgIpc) is 2.46. The van der Waals surface area contributed by atoms with Gasteiger partial charge in [0.2, 0.25) is 13.6 Å². The van der Waals surface area contributed by atoms with Crippen LogP contribution in [0.15, 0.2) is 18.2 Å². The third-order valence-corrected chi connectivity index (χ3v) is 3.54. The average molecular weight is 417 g/mol. The molecule has 0 saturated carbocycles. The quantitative estimate of drug-likeness (QED) is 0.199. The maximum absolute atomic E-state index is 10.8. The summed E-state index contributed by atoms with van der Waals surface area (Å²) in [5.74, 6) is -1.50. The second kappa shape index (κ2) is 9.42. The highest BCUT2D eigenvalue weighted by Gasteiger charge is 2.18. The summed E-state index contributed by atoms with van der Waals surface area (Å²) in [6.45, 7) is -1.73. The Labute approximate surface area is 146 Å². The summed E-state index contributed by atoms with van der Waals surface area (Å²) in [5.41, 5.74) is 5.80. The molecule has 0 fully saturated rings. The molecule has 0 heterocycles. The molecule has 1 rings (SSSR count). The van der Waals surface area contributed by atoms with E-state index in [1.807, 2.05) is 0 Å². The highest BCUT2D eigenvalue weighted by molar-refractivity contribution is 7.46. The molecule has 15 heteroatoms. The van der Waals surface area contributed by atoms with Crippen LogP contribution in [-0.4, -0.2) is 50.3 Å². The predicted molar refractivity (Wildman–Crippen MR) is 83.0 cm³/mol. The Morgan fingerprint density at radius 3 is 1.96 bits per heavy atom. The summed E-state index contributed by atoms with van der Waals surface area (Å²) in [6, 6.07) is 2.73. The van der Waals surface area contributed by atoms with E-state index < -0.39 is 41.2 Å². The first-order valence-corrected chi connectivity index (χ1v) is 9.70. The predicted octanol–water partition coefficient (Wildman–Crippen LogP) is -0.468. The standard InChI is InChI=1S/C11H17NO12P2/c12-8(11(13)14)3-7-1-2-9(21-5-23-25(15,16)17)10(4-7)22-6-24-26(18,19)20/h1-2,4,8H,3,5-6,12H2,(H,13,14)(H2,15,16,17)(H2,18,19,20)/t8-/m0/s1. The van der Waals surface area contributed by atoms with Crippen LogP contribution in [0.1, 0.15) is 5.56 Å². The fraction of sp³-hybridized carbons (Fsp3) is 0.364. The number of benzene rings is 1. The lowest BCUT2D eigenvalue weighted by molar-refractivity contribution is -0.138. The van der Waals surface area contributed by atoms with Gasteiger partial charge in [-0.2, -0.15) is 0 Å². The first-order valence-electron chi connectivity index (χ1n) is 6.64. The molecule has 0 aliphatic carbocycles. The van der Waals surface area contributed by atoms with E-state index in [2.05, 4.69) is 9.05 Å². The molecule has 0 saturated heterocycles. The number of carbonyl (C=O) groups is 1. The van der Waals surface area contributed by atoms with E-state index in [0.717, 1.165) is 0 Å². The van der Waals surface area contributed by atoms with Gasteiger partial charge in [-0.1, -0.05) is 6.07 Å². The smallest absolute Gasteiger partial charge is 0.472 e. The van der Waals surface area contributed by atoms with Gasteiger partial charge in [0.1, 0.15) is 6.04 Å². The maximum atomic E-state index is 10.8. The van der Waals surface area contributed by atoms with Gasteiger partial charge in [0.25, 0.3) is 0 Å². The van der Waals surface area contributed by atoms with Gasteiger partial charge < -0.3 is 39.9 Å². The molecule has 1 aromatic rings. The van der Waals surface area contributed by atoms with E-state index in [0.29, 0.717) is 5.56 Å². The van der Waals surface area contributed by atoms with Crippen molar-refractivity contribution in [2.75, 3.05) is 13.6 Å². The molecule has 13 nitrogen and oxygen atoms in total. The Morgan fingerprint density at radius 2 is 1.50 bits per heavy atom. The molecular weight excluding hydrogens is 400 g/mol. The van der Waals surface area contributed by atoms with Gasteiger partial charge in [-0.05, 0) is 24.1 Å². The summed E-state index contributed by atoms with van der Waals surface area (Å²) in [6.07, 6.45) is -0.0930. The van der Waals surface area contributed by atoms with Crippen molar-refractivity contribution < 1.29 is 57.1 Å². The number of ether oxygens (including phenoxy) is 2. The summed E-state index contributed by atoms with van der Waals surface area (Å²) >= 11 is 0. The molecule has 0 amide bonds. The number of phosphoric ester groups is 2. The second-order valence-electron chi connectivity index (χ2n) is 4.69. The van der Waals surface area contributed by atoms with Gasteiger partial charge in [0.15, 0.2) is 11.5 Å². The van der Waals surface area contributed by atoms with Crippen LogP contribution in [0.4, 0.5) is 0 Å². The van der Waals surface area contributed by atoms with Gasteiger partial charge >= 0.3 is 21.6 Å². The minimum Gasteiger partial charge on any atom is -0.480 e. The molecule has 0 unspecified atom stereocenters. The maximum Gasteiger partial charge on any atom is 0.472 e. The Kier molecular flexibility index (Phi) is 8.15. The summed E-state index contributed by atoms with van der Waals surface area (Å²) in [7, 11) is -9.58. The Morgan fingerprint density at radius 1 is 1.00 bits per heavy atom. The highest BCUT2D eigenvalue weighted by Crippen LogP contribution is 2.38. The molecule has 1 aromatic carbocycles. The van der Waals surface area contributed by atoms with E-state index in [-0.39, 0.29) is 17.9 Å². The van der Waals surface area contributed by atoms with Gasteiger partial charge in [-0.25, -0.2) is 18.2 Å². The lowest BCUT2D eigenvalue weighted by atomic mass is 10.1. The van der Waals surface area contributed by atoms with E-state index >= 15 is 0 Å². The molecule has 26 heavy (non-hydrogen) atoms. The Balaban J connectivity index is 2.89. The van der Waals surface area contributed by atoms with Crippen molar-refractivity contribution in [1.29, 1.82) is 0 Å². The van der Waals surface area contributed by atoms with Crippen molar-refractivity contribution in [2.45, 2.75) is 12.5 Å². The second-order valence-corrected chi connectivity index (χ2v) is 7.17. The van der Waals surface area contributed by atoms with Crippen molar-refractivity contribution in [3.05, 3.63) is 23.8 Å². The number of hydrogen-bond donors (Lipinski definition) is 6. The van der Waals surface area contributed by atoms with Gasteiger partial charge in [0, 0.05) is 0 Å². The molecule has 0 bridgehead atoms. The normalized spacial score (nSPS) is 13.3. The number of aliphatic carboxylic acids is 1. The van der Waals surface area contributed by atoms with E-state index in [1.54, 1.807) is 0 Å². The number of carboxylic acids is 1. The van der Waals surface area contributed by atoms with Crippen LogP contribution in [0.2, 0.25) is 0 Å². The zero-order valence-corrected chi connectivity index (χ0v) is 14.8. The third-order valence-electron chi connectivity index (χ3n) is 2.65.